The number of hydrogen-bond acceptors (Lipinski definition) is 3. The lowest BCUT2D eigenvalue weighted by molar-refractivity contribution is -0.396. The first kappa shape index (κ1) is 21.1. The molecule has 0 saturated heterocycles. The van der Waals surface area contributed by atoms with Crippen molar-refractivity contribution in [2.75, 3.05) is 0 Å². The molecule has 2 atom stereocenters. The largest absolute Gasteiger partial charge is 0.458 e. The molecule has 150 valence electrons. The maximum absolute atomic E-state index is 13.3. The van der Waals surface area contributed by atoms with Gasteiger partial charge in [-0.3, -0.25) is 4.79 Å². The first-order valence-corrected chi connectivity index (χ1v) is 8.69. The van der Waals surface area contributed by atoms with Crippen LogP contribution in [0.15, 0.2) is 12.2 Å². The Hall–Kier alpha value is -1.25. The first-order valence-electron chi connectivity index (χ1n) is 8.69. The molecule has 3 nitrogen and oxygen atoms in total. The molecular formula is C17H22F6O3. The Bertz CT molecular complexity index is 506. The van der Waals surface area contributed by atoms with Crippen molar-refractivity contribution < 1.29 is 41.0 Å². The standard InChI is InChI=1S/C17H22F6O3/c18-16(19,20)15(25,17(21,22)23)13(11-7-3-1-4-8-11)26-14(24)12-9-5-2-6-10-12/h2,5,11-13,25H,1,3-4,6-10H2. The second-order valence-electron chi connectivity index (χ2n) is 7.00. The molecule has 0 bridgehead atoms. The summed E-state index contributed by atoms with van der Waals surface area (Å²) in [5.74, 6) is -3.10. The number of ether oxygens (including phenoxy) is 1. The number of aliphatic hydroxyl groups is 1. The van der Waals surface area contributed by atoms with Gasteiger partial charge in [-0.05, 0) is 38.0 Å². The van der Waals surface area contributed by atoms with E-state index in [9.17, 15) is 36.2 Å². The fourth-order valence-electron chi connectivity index (χ4n) is 3.67. The van der Waals surface area contributed by atoms with E-state index >= 15 is 0 Å². The lowest BCUT2D eigenvalue weighted by Gasteiger charge is -2.43. The molecule has 0 aromatic carbocycles. The summed E-state index contributed by atoms with van der Waals surface area (Å²) in [4.78, 5) is 12.2. The van der Waals surface area contributed by atoms with Gasteiger partial charge in [-0.15, -0.1) is 0 Å². The van der Waals surface area contributed by atoms with Crippen LogP contribution in [0.4, 0.5) is 26.3 Å². The predicted octanol–water partition coefficient (Wildman–Crippen LogP) is 4.69. The van der Waals surface area contributed by atoms with Gasteiger partial charge in [-0.2, -0.15) is 26.3 Å². The zero-order valence-corrected chi connectivity index (χ0v) is 14.1. The smallest absolute Gasteiger partial charge is 0.430 e. The Labute approximate surface area is 147 Å². The molecule has 0 aromatic heterocycles. The molecule has 2 aliphatic rings. The van der Waals surface area contributed by atoms with Gasteiger partial charge in [0.2, 0.25) is 0 Å². The van der Waals surface area contributed by atoms with Crippen molar-refractivity contribution in [2.45, 2.75) is 75.4 Å². The predicted molar refractivity (Wildman–Crippen MR) is 80.0 cm³/mol. The van der Waals surface area contributed by atoms with Crippen LogP contribution in [0.25, 0.3) is 0 Å². The molecule has 0 heterocycles. The molecule has 26 heavy (non-hydrogen) atoms. The molecule has 1 fully saturated rings. The molecule has 9 heteroatoms. The maximum Gasteiger partial charge on any atom is 0.430 e. The third-order valence-corrected chi connectivity index (χ3v) is 5.20. The molecule has 0 radical (unpaired) electrons. The molecule has 0 spiro atoms. The van der Waals surface area contributed by atoms with Crippen LogP contribution < -0.4 is 0 Å². The van der Waals surface area contributed by atoms with Gasteiger partial charge >= 0.3 is 18.3 Å². The van der Waals surface area contributed by atoms with Gasteiger partial charge in [0, 0.05) is 0 Å². The summed E-state index contributed by atoms with van der Waals surface area (Å²) in [5.41, 5.74) is -5.08. The summed E-state index contributed by atoms with van der Waals surface area (Å²) in [6.07, 6.45) is -8.69. The highest BCUT2D eigenvalue weighted by molar-refractivity contribution is 5.73. The number of allylic oxidation sites excluding steroid dienone is 2. The van der Waals surface area contributed by atoms with Crippen LogP contribution in [0.5, 0.6) is 0 Å². The lowest BCUT2D eigenvalue weighted by Crippen LogP contribution is -2.67. The van der Waals surface area contributed by atoms with Crippen LogP contribution >= 0.6 is 0 Å². The number of carbonyl (C=O) groups is 1. The maximum atomic E-state index is 13.3. The molecule has 0 aliphatic heterocycles. The van der Waals surface area contributed by atoms with Gasteiger partial charge in [0.05, 0.1) is 5.92 Å². The Balaban J connectivity index is 2.35. The van der Waals surface area contributed by atoms with Gasteiger partial charge in [0.1, 0.15) is 0 Å². The normalized spacial score (nSPS) is 24.3. The van der Waals surface area contributed by atoms with E-state index in [1.807, 2.05) is 0 Å². The fourth-order valence-corrected chi connectivity index (χ4v) is 3.67. The molecule has 2 unspecified atom stereocenters. The van der Waals surface area contributed by atoms with E-state index in [0.29, 0.717) is 32.1 Å². The number of hydrogen-bond donors (Lipinski definition) is 1. The van der Waals surface area contributed by atoms with Gasteiger partial charge in [0.15, 0.2) is 6.10 Å². The Kier molecular flexibility index (Phi) is 6.30. The number of rotatable bonds is 4. The van der Waals surface area contributed by atoms with Gasteiger partial charge in [-0.25, -0.2) is 0 Å². The Morgan fingerprint density at radius 1 is 0.962 bits per heavy atom. The van der Waals surface area contributed by atoms with E-state index in [0.717, 1.165) is 0 Å². The third-order valence-electron chi connectivity index (χ3n) is 5.20. The second-order valence-corrected chi connectivity index (χ2v) is 7.00. The molecule has 0 amide bonds. The molecular weight excluding hydrogens is 366 g/mol. The molecule has 2 rings (SSSR count). The van der Waals surface area contributed by atoms with E-state index in [4.69, 9.17) is 4.74 Å². The van der Waals surface area contributed by atoms with E-state index < -0.39 is 41.9 Å². The average Bonchev–Trinajstić information content (AvgIpc) is 2.58. The summed E-state index contributed by atoms with van der Waals surface area (Å²) in [6.45, 7) is 0. The minimum Gasteiger partial charge on any atom is -0.458 e. The highest BCUT2D eigenvalue weighted by Crippen LogP contribution is 2.50. The number of alkyl halides is 6. The van der Waals surface area contributed by atoms with E-state index in [2.05, 4.69) is 0 Å². The summed E-state index contributed by atoms with van der Waals surface area (Å²) < 4.78 is 84.7. The van der Waals surface area contributed by atoms with E-state index in [-0.39, 0.29) is 19.3 Å². The monoisotopic (exact) mass is 388 g/mol. The van der Waals surface area contributed by atoms with Crippen molar-refractivity contribution in [2.24, 2.45) is 11.8 Å². The van der Waals surface area contributed by atoms with Gasteiger partial charge in [0.25, 0.3) is 5.60 Å². The molecule has 0 aromatic rings. The zero-order chi connectivity index (χ0) is 19.6. The fraction of sp³-hybridized carbons (Fsp3) is 0.824. The van der Waals surface area contributed by atoms with Crippen LogP contribution in [0.3, 0.4) is 0 Å². The van der Waals surface area contributed by atoms with E-state index in [1.165, 1.54) is 0 Å². The number of halogens is 6. The minimum atomic E-state index is -6.01. The molecule has 1 saturated carbocycles. The average molecular weight is 388 g/mol. The van der Waals surface area contributed by atoms with Crippen molar-refractivity contribution in [3.8, 4) is 0 Å². The number of carbonyl (C=O) groups excluding carboxylic acids is 1. The summed E-state index contributed by atoms with van der Waals surface area (Å²) in [7, 11) is 0. The lowest BCUT2D eigenvalue weighted by atomic mass is 9.77. The molecule has 1 N–H and O–H groups in total. The highest BCUT2D eigenvalue weighted by Gasteiger charge is 2.76. The third kappa shape index (κ3) is 4.18. The Morgan fingerprint density at radius 3 is 2.00 bits per heavy atom. The minimum absolute atomic E-state index is 0.0387. The quantitative estimate of drug-likeness (QED) is 0.432. The van der Waals surface area contributed by atoms with Gasteiger partial charge < -0.3 is 9.84 Å². The van der Waals surface area contributed by atoms with Crippen molar-refractivity contribution >= 4 is 5.97 Å². The zero-order valence-electron chi connectivity index (χ0n) is 14.1. The molecule has 2 aliphatic carbocycles. The highest BCUT2D eigenvalue weighted by atomic mass is 19.4. The van der Waals surface area contributed by atoms with Crippen LogP contribution in [-0.2, 0) is 9.53 Å². The van der Waals surface area contributed by atoms with Crippen LogP contribution in [0.2, 0.25) is 0 Å². The summed E-state index contributed by atoms with van der Waals surface area (Å²) >= 11 is 0. The van der Waals surface area contributed by atoms with Crippen LogP contribution in [-0.4, -0.2) is 35.1 Å². The van der Waals surface area contributed by atoms with Crippen molar-refractivity contribution in [1.29, 1.82) is 0 Å². The van der Waals surface area contributed by atoms with Crippen LogP contribution in [0.1, 0.15) is 51.4 Å². The SMILES string of the molecule is O=C(OC(C1CCCCC1)C(O)(C(F)(F)F)C(F)(F)F)C1CC=CCC1. The van der Waals surface area contributed by atoms with E-state index in [1.54, 1.807) is 12.2 Å². The van der Waals surface area contributed by atoms with Crippen LogP contribution in [0, 0.1) is 11.8 Å². The second kappa shape index (κ2) is 7.78. The van der Waals surface area contributed by atoms with Crippen molar-refractivity contribution in [3.05, 3.63) is 12.2 Å². The first-order chi connectivity index (χ1) is 12.0. The van der Waals surface area contributed by atoms with Gasteiger partial charge in [-0.1, -0.05) is 31.4 Å². The van der Waals surface area contributed by atoms with Crippen molar-refractivity contribution in [3.63, 3.8) is 0 Å². The summed E-state index contributed by atoms with van der Waals surface area (Å²) in [5, 5.41) is 9.80. The summed E-state index contributed by atoms with van der Waals surface area (Å²) in [6, 6.07) is 0. The van der Waals surface area contributed by atoms with Crippen molar-refractivity contribution in [1.82, 2.24) is 0 Å². The Morgan fingerprint density at radius 2 is 1.54 bits per heavy atom. The number of esters is 1. The topological polar surface area (TPSA) is 46.5 Å².